The third-order valence-electron chi connectivity index (χ3n) is 3.73. The predicted molar refractivity (Wildman–Crippen MR) is 82.8 cm³/mol. The van der Waals surface area contributed by atoms with Crippen LogP contribution >= 0.6 is 0 Å². The van der Waals surface area contributed by atoms with Crippen LogP contribution in [0.25, 0.3) is 22.5 Å². The van der Waals surface area contributed by atoms with Crippen molar-refractivity contribution >= 4 is 0 Å². The van der Waals surface area contributed by atoms with Gasteiger partial charge in [0.2, 0.25) is 0 Å². The minimum Gasteiger partial charge on any atom is -0.371 e. The summed E-state index contributed by atoms with van der Waals surface area (Å²) in [5.74, 6) is 0. The number of imidazole rings is 1. The monoisotopic (exact) mass is 276 g/mol. The lowest BCUT2D eigenvalue weighted by atomic mass is 10.0. The molecule has 0 bridgehead atoms. The highest BCUT2D eigenvalue weighted by Gasteiger charge is 2.25. The molecule has 1 aliphatic rings. The van der Waals surface area contributed by atoms with Gasteiger partial charge in [-0.1, -0.05) is 60.7 Å². The van der Waals surface area contributed by atoms with E-state index >= 15 is 0 Å². The Kier molecular flexibility index (Phi) is 3.05. The second kappa shape index (κ2) is 5.19. The minimum atomic E-state index is 0.338. The van der Waals surface area contributed by atoms with Crippen LogP contribution in [0, 0.1) is 0 Å². The second-order valence-electron chi connectivity index (χ2n) is 5.28. The van der Waals surface area contributed by atoms with Gasteiger partial charge in [-0.05, 0) is 0 Å². The first-order chi connectivity index (χ1) is 10.4. The fraction of sp³-hybridized carbons (Fsp3) is 0.167. The van der Waals surface area contributed by atoms with Crippen LogP contribution in [0.3, 0.4) is 0 Å². The SMILES string of the molecule is c1ccc(-c2ncn(CC3CO3)c2-c2ccccc2)cc1. The summed E-state index contributed by atoms with van der Waals surface area (Å²) in [6.07, 6.45) is 2.26. The van der Waals surface area contributed by atoms with Gasteiger partial charge < -0.3 is 9.30 Å². The number of epoxide rings is 1. The number of hydrogen-bond donors (Lipinski definition) is 0. The van der Waals surface area contributed by atoms with Crippen molar-refractivity contribution in [1.29, 1.82) is 0 Å². The lowest BCUT2D eigenvalue weighted by Crippen LogP contribution is -2.04. The molecule has 2 aromatic carbocycles. The topological polar surface area (TPSA) is 30.4 Å². The fourth-order valence-electron chi connectivity index (χ4n) is 2.62. The Morgan fingerprint density at radius 1 is 0.952 bits per heavy atom. The predicted octanol–water partition coefficient (Wildman–Crippen LogP) is 3.62. The molecule has 104 valence electrons. The molecule has 1 aliphatic heterocycles. The van der Waals surface area contributed by atoms with E-state index in [1.807, 2.05) is 30.6 Å². The van der Waals surface area contributed by atoms with Crippen LogP contribution in [-0.2, 0) is 11.3 Å². The van der Waals surface area contributed by atoms with Gasteiger partial charge in [0.15, 0.2) is 0 Å². The standard InChI is InChI=1S/C18H16N2O/c1-3-7-14(8-4-1)17-18(15-9-5-2-6-10-15)20(13-19-17)11-16-12-21-16/h1-10,13,16H,11-12H2. The lowest BCUT2D eigenvalue weighted by molar-refractivity contribution is 0.383. The van der Waals surface area contributed by atoms with Crippen molar-refractivity contribution in [3.05, 3.63) is 67.0 Å². The number of aromatic nitrogens is 2. The van der Waals surface area contributed by atoms with Crippen molar-refractivity contribution < 1.29 is 4.74 Å². The van der Waals surface area contributed by atoms with E-state index in [-0.39, 0.29) is 0 Å². The molecule has 0 amide bonds. The molecular formula is C18H16N2O. The summed E-state index contributed by atoms with van der Waals surface area (Å²) < 4.78 is 7.57. The molecule has 4 rings (SSSR count). The van der Waals surface area contributed by atoms with Crippen LogP contribution in [0.1, 0.15) is 0 Å². The van der Waals surface area contributed by atoms with Crippen LogP contribution in [0.5, 0.6) is 0 Å². The third kappa shape index (κ3) is 2.48. The van der Waals surface area contributed by atoms with Crippen LogP contribution in [-0.4, -0.2) is 22.3 Å². The lowest BCUT2D eigenvalue weighted by Gasteiger charge is -2.09. The van der Waals surface area contributed by atoms with Gasteiger partial charge in [0.25, 0.3) is 0 Å². The summed E-state index contributed by atoms with van der Waals surface area (Å²) in [4.78, 5) is 4.65. The van der Waals surface area contributed by atoms with Crippen LogP contribution in [0.15, 0.2) is 67.0 Å². The number of benzene rings is 2. The molecular weight excluding hydrogens is 260 g/mol. The summed E-state index contributed by atoms with van der Waals surface area (Å²) in [5, 5.41) is 0. The molecule has 0 radical (unpaired) electrons. The second-order valence-corrected chi connectivity index (χ2v) is 5.28. The molecule has 0 N–H and O–H groups in total. The Hall–Kier alpha value is -2.39. The summed E-state index contributed by atoms with van der Waals surface area (Å²) in [5.41, 5.74) is 4.53. The van der Waals surface area contributed by atoms with Gasteiger partial charge in [0, 0.05) is 11.1 Å². The molecule has 1 aromatic heterocycles. The van der Waals surface area contributed by atoms with Gasteiger partial charge in [-0.2, -0.15) is 0 Å². The molecule has 1 saturated heterocycles. The van der Waals surface area contributed by atoms with Crippen LogP contribution < -0.4 is 0 Å². The normalized spacial score (nSPS) is 16.9. The van der Waals surface area contributed by atoms with E-state index in [4.69, 9.17) is 4.74 Å². The van der Waals surface area contributed by atoms with Crippen LogP contribution in [0.2, 0.25) is 0 Å². The molecule has 1 unspecified atom stereocenters. The molecule has 2 heterocycles. The Balaban J connectivity index is 1.85. The van der Waals surface area contributed by atoms with Gasteiger partial charge in [-0.25, -0.2) is 4.98 Å². The van der Waals surface area contributed by atoms with Crippen molar-refractivity contribution in [2.45, 2.75) is 12.6 Å². The maximum Gasteiger partial charge on any atom is 0.0988 e. The average Bonchev–Trinajstić information content (AvgIpc) is 3.26. The fourth-order valence-corrected chi connectivity index (χ4v) is 2.62. The van der Waals surface area contributed by atoms with E-state index in [0.29, 0.717) is 6.10 Å². The molecule has 21 heavy (non-hydrogen) atoms. The number of hydrogen-bond acceptors (Lipinski definition) is 2. The zero-order chi connectivity index (χ0) is 14.1. The Morgan fingerprint density at radius 3 is 2.19 bits per heavy atom. The first-order valence-electron chi connectivity index (χ1n) is 7.19. The van der Waals surface area contributed by atoms with Gasteiger partial charge in [0.1, 0.15) is 0 Å². The molecule has 0 saturated carbocycles. The zero-order valence-corrected chi connectivity index (χ0v) is 11.6. The van der Waals surface area contributed by atoms with Crippen molar-refractivity contribution in [2.24, 2.45) is 0 Å². The first kappa shape index (κ1) is 12.4. The van der Waals surface area contributed by atoms with Crippen LogP contribution in [0.4, 0.5) is 0 Å². The van der Waals surface area contributed by atoms with Gasteiger partial charge >= 0.3 is 0 Å². The molecule has 3 aromatic rings. The third-order valence-corrected chi connectivity index (χ3v) is 3.73. The minimum absolute atomic E-state index is 0.338. The highest BCUT2D eigenvalue weighted by atomic mass is 16.6. The van der Waals surface area contributed by atoms with Gasteiger partial charge in [0.05, 0.1) is 37.0 Å². The maximum atomic E-state index is 5.37. The van der Waals surface area contributed by atoms with Gasteiger partial charge in [-0.3, -0.25) is 0 Å². The summed E-state index contributed by atoms with van der Waals surface area (Å²) in [6, 6.07) is 20.8. The van der Waals surface area contributed by atoms with E-state index in [0.717, 1.165) is 30.1 Å². The quantitative estimate of drug-likeness (QED) is 0.681. The summed E-state index contributed by atoms with van der Waals surface area (Å²) in [7, 11) is 0. The molecule has 1 atom stereocenters. The molecule has 0 aliphatic carbocycles. The van der Waals surface area contributed by atoms with Crippen molar-refractivity contribution in [3.63, 3.8) is 0 Å². The van der Waals surface area contributed by atoms with Crippen molar-refractivity contribution in [2.75, 3.05) is 6.61 Å². The zero-order valence-electron chi connectivity index (χ0n) is 11.6. The van der Waals surface area contributed by atoms with E-state index in [2.05, 4.69) is 45.9 Å². The Labute approximate surface area is 123 Å². The maximum absolute atomic E-state index is 5.37. The van der Waals surface area contributed by atoms with E-state index in [1.165, 1.54) is 5.56 Å². The summed E-state index contributed by atoms with van der Waals surface area (Å²) >= 11 is 0. The average molecular weight is 276 g/mol. The van der Waals surface area contributed by atoms with E-state index in [9.17, 15) is 0 Å². The highest BCUT2D eigenvalue weighted by Crippen LogP contribution is 2.32. The number of ether oxygens (including phenoxy) is 1. The first-order valence-corrected chi connectivity index (χ1v) is 7.19. The molecule has 1 fully saturated rings. The number of nitrogens with zero attached hydrogens (tertiary/aromatic N) is 2. The van der Waals surface area contributed by atoms with E-state index in [1.54, 1.807) is 0 Å². The largest absolute Gasteiger partial charge is 0.371 e. The molecule has 0 spiro atoms. The smallest absolute Gasteiger partial charge is 0.0988 e. The number of rotatable bonds is 4. The summed E-state index contributed by atoms with van der Waals surface area (Å²) in [6.45, 7) is 1.72. The Bertz CT molecular complexity index is 730. The highest BCUT2D eigenvalue weighted by molar-refractivity contribution is 5.78. The van der Waals surface area contributed by atoms with E-state index < -0.39 is 0 Å². The van der Waals surface area contributed by atoms with Crippen molar-refractivity contribution in [3.8, 4) is 22.5 Å². The van der Waals surface area contributed by atoms with Crippen molar-refractivity contribution in [1.82, 2.24) is 9.55 Å². The van der Waals surface area contributed by atoms with Gasteiger partial charge in [-0.15, -0.1) is 0 Å². The Morgan fingerprint density at radius 2 is 1.57 bits per heavy atom. The molecule has 3 heteroatoms. The molecule has 3 nitrogen and oxygen atoms in total.